The Labute approximate surface area is 250 Å². The first-order valence-corrected chi connectivity index (χ1v) is 14.9. The van der Waals surface area contributed by atoms with Gasteiger partial charge in [0.25, 0.3) is 15.9 Å². The van der Waals surface area contributed by atoms with Crippen molar-refractivity contribution in [2.75, 3.05) is 11.4 Å². The number of benzene rings is 3. The third-order valence-electron chi connectivity index (χ3n) is 6.51. The number of hydrogen-bond donors (Lipinski definition) is 4. The molecule has 0 bridgehead atoms. The van der Waals surface area contributed by atoms with Crippen molar-refractivity contribution in [3.63, 3.8) is 0 Å². The molecule has 2 amide bonds. The van der Waals surface area contributed by atoms with Crippen molar-refractivity contribution in [2.24, 2.45) is 5.73 Å². The van der Waals surface area contributed by atoms with E-state index in [1.807, 2.05) is 0 Å². The van der Waals surface area contributed by atoms with E-state index < -0.39 is 40.1 Å². The van der Waals surface area contributed by atoms with Crippen molar-refractivity contribution in [1.29, 1.82) is 5.41 Å². The first kappa shape index (κ1) is 32.6. The Hall–Kier alpha value is -4.91. The lowest BCUT2D eigenvalue weighted by molar-refractivity contribution is -0.146. The van der Waals surface area contributed by atoms with Crippen molar-refractivity contribution in [3.8, 4) is 0 Å². The lowest BCUT2D eigenvalue weighted by Crippen LogP contribution is -2.56. The second-order valence-corrected chi connectivity index (χ2v) is 11.5. The fourth-order valence-electron chi connectivity index (χ4n) is 4.28. The Bertz CT molecular complexity index is 1520. The first-order valence-electron chi connectivity index (χ1n) is 13.4. The molecule has 0 saturated carbocycles. The van der Waals surface area contributed by atoms with Crippen LogP contribution < -0.4 is 16.0 Å². The Balaban J connectivity index is 2.04. The molecule has 0 aliphatic rings. The quantitative estimate of drug-likeness (QED) is 0.128. The molecule has 0 aliphatic heterocycles. The largest absolute Gasteiger partial charge is 0.480 e. The van der Waals surface area contributed by atoms with E-state index in [1.54, 1.807) is 67.6 Å². The van der Waals surface area contributed by atoms with Crippen LogP contribution in [-0.4, -0.2) is 60.4 Å². The van der Waals surface area contributed by atoms with Crippen molar-refractivity contribution < 1.29 is 32.6 Å². The summed E-state index contributed by atoms with van der Waals surface area (Å²) in [5.41, 5.74) is 6.99. The second kappa shape index (κ2) is 14.8. The van der Waals surface area contributed by atoms with Gasteiger partial charge in [-0.2, -0.15) is 0 Å². The highest BCUT2D eigenvalue weighted by Gasteiger charge is 2.44. The normalized spacial score (nSPS) is 12.4. The fourth-order valence-corrected chi connectivity index (χ4v) is 5.91. The van der Waals surface area contributed by atoms with Crippen molar-refractivity contribution >= 4 is 39.6 Å². The predicted molar refractivity (Wildman–Crippen MR) is 161 cm³/mol. The van der Waals surface area contributed by atoms with E-state index in [4.69, 9.17) is 15.9 Å². The monoisotopic (exact) mass is 609 g/mol. The molecule has 3 rings (SSSR count). The lowest BCUT2D eigenvalue weighted by atomic mass is 10.1. The Morgan fingerprint density at radius 2 is 1.56 bits per heavy atom. The third-order valence-corrected chi connectivity index (χ3v) is 8.33. The van der Waals surface area contributed by atoms with E-state index in [1.165, 1.54) is 31.2 Å². The number of carboxylic acid groups (broad SMARTS) is 1. The van der Waals surface area contributed by atoms with E-state index >= 15 is 0 Å². The molecule has 2 unspecified atom stereocenters. The number of nitrogens with zero attached hydrogens (tertiary/aromatic N) is 2. The number of guanidine groups is 1. The van der Waals surface area contributed by atoms with E-state index in [0.29, 0.717) is 9.87 Å². The van der Waals surface area contributed by atoms with Crippen LogP contribution in [0.1, 0.15) is 30.9 Å². The van der Waals surface area contributed by atoms with Crippen molar-refractivity contribution in [2.45, 2.75) is 50.3 Å². The van der Waals surface area contributed by atoms with Gasteiger partial charge in [-0.05, 0) is 56.5 Å². The number of aliphatic carboxylic acids is 1. The summed E-state index contributed by atoms with van der Waals surface area (Å²) in [7, 11) is -4.72. The number of carbonyl (C=O) groups is 3. The Morgan fingerprint density at radius 3 is 2.12 bits per heavy atom. The highest BCUT2D eigenvalue weighted by atomic mass is 32.2. The smallest absolute Gasteiger partial charge is 0.415 e. The number of hydrogen-bond acceptors (Lipinski definition) is 7. The van der Waals surface area contributed by atoms with Crippen LogP contribution in [0, 0.1) is 12.3 Å². The standard InChI is InChI=1S/C30H35N5O7S/c1-21-15-17-25(18-16-21)43(40,41)35(26(28(37)38)14-9-19-33-29(31)32)27(36)22(2)34(24-12-7-4-8-13-24)30(39)42-20-23-10-5-3-6-11-23/h3-8,10-13,15-18,22,26H,9,14,19-20H2,1-2H3,(H,37,38)(H4,31,32,33). The zero-order valence-electron chi connectivity index (χ0n) is 23.8. The maximum Gasteiger partial charge on any atom is 0.415 e. The van der Waals surface area contributed by atoms with Crippen molar-refractivity contribution in [1.82, 2.24) is 9.62 Å². The van der Waals surface area contributed by atoms with Crippen LogP contribution in [-0.2, 0) is 31.0 Å². The summed E-state index contributed by atoms with van der Waals surface area (Å²) in [5, 5.41) is 20.0. The zero-order chi connectivity index (χ0) is 31.6. The van der Waals surface area contributed by atoms with Gasteiger partial charge >= 0.3 is 12.1 Å². The highest BCUT2D eigenvalue weighted by molar-refractivity contribution is 7.89. The highest BCUT2D eigenvalue weighted by Crippen LogP contribution is 2.26. The maximum absolute atomic E-state index is 14.2. The molecule has 0 spiro atoms. The van der Waals surface area contributed by atoms with E-state index in [2.05, 4.69) is 5.32 Å². The summed E-state index contributed by atoms with van der Waals surface area (Å²) in [6.07, 6.45) is -1.15. The summed E-state index contributed by atoms with van der Waals surface area (Å²) in [5.74, 6) is -3.04. The zero-order valence-corrected chi connectivity index (χ0v) is 24.7. The Kier molecular flexibility index (Phi) is 11.2. The summed E-state index contributed by atoms with van der Waals surface area (Å²) < 4.78 is 33.7. The number of anilines is 1. The van der Waals surface area contributed by atoms with Crippen LogP contribution >= 0.6 is 0 Å². The molecule has 0 saturated heterocycles. The van der Waals surface area contributed by atoms with Crippen LogP contribution in [0.25, 0.3) is 0 Å². The van der Waals surface area contributed by atoms with Gasteiger partial charge < -0.3 is 20.9 Å². The molecule has 12 nitrogen and oxygen atoms in total. The first-order chi connectivity index (χ1) is 20.4. The number of sulfonamides is 1. The van der Waals surface area contributed by atoms with Gasteiger partial charge in [0.1, 0.15) is 18.7 Å². The molecule has 3 aromatic rings. The van der Waals surface area contributed by atoms with Crippen molar-refractivity contribution in [3.05, 3.63) is 96.1 Å². The second-order valence-electron chi connectivity index (χ2n) is 9.71. The molecule has 0 aliphatic carbocycles. The minimum absolute atomic E-state index is 0.0691. The summed E-state index contributed by atoms with van der Waals surface area (Å²) in [6.45, 7) is 3.02. The van der Waals surface area contributed by atoms with Gasteiger partial charge in [0.2, 0.25) is 0 Å². The summed E-state index contributed by atoms with van der Waals surface area (Å²) in [6, 6.07) is 19.2. The molecule has 3 aromatic carbocycles. The van der Waals surface area contributed by atoms with Gasteiger partial charge in [-0.25, -0.2) is 22.3 Å². The van der Waals surface area contributed by atoms with E-state index in [-0.39, 0.29) is 42.5 Å². The number of carboxylic acids is 1. The maximum atomic E-state index is 14.2. The van der Waals surface area contributed by atoms with Crippen LogP contribution in [0.15, 0.2) is 89.8 Å². The number of rotatable bonds is 13. The molecular formula is C30H35N5O7S. The minimum Gasteiger partial charge on any atom is -0.480 e. The molecular weight excluding hydrogens is 574 g/mol. The molecule has 2 atom stereocenters. The van der Waals surface area contributed by atoms with E-state index in [0.717, 1.165) is 10.5 Å². The molecule has 0 heterocycles. The fraction of sp³-hybridized carbons (Fsp3) is 0.267. The van der Waals surface area contributed by atoms with Gasteiger partial charge in [-0.1, -0.05) is 66.2 Å². The van der Waals surface area contributed by atoms with Crippen LogP contribution in [0.4, 0.5) is 10.5 Å². The number of nitrogens with two attached hydrogens (primary N) is 1. The summed E-state index contributed by atoms with van der Waals surface area (Å²) >= 11 is 0. The topological polar surface area (TPSA) is 183 Å². The molecule has 13 heteroatoms. The average Bonchev–Trinajstić information content (AvgIpc) is 2.98. The number of amides is 2. The van der Waals surface area contributed by atoms with E-state index in [9.17, 15) is 27.9 Å². The number of ether oxygens (including phenoxy) is 1. The molecule has 0 fully saturated rings. The molecule has 5 N–H and O–H groups in total. The third kappa shape index (κ3) is 8.55. The lowest BCUT2D eigenvalue weighted by Gasteiger charge is -2.34. The summed E-state index contributed by atoms with van der Waals surface area (Å²) in [4.78, 5) is 40.8. The molecule has 0 aromatic heterocycles. The van der Waals surface area contributed by atoms with Gasteiger partial charge in [0.05, 0.1) is 4.90 Å². The van der Waals surface area contributed by atoms with Crippen LogP contribution in [0.5, 0.6) is 0 Å². The van der Waals surface area contributed by atoms with Gasteiger partial charge in [-0.15, -0.1) is 0 Å². The number of nitrogens with one attached hydrogen (secondary N) is 2. The number of aryl methyl sites for hydroxylation is 1. The molecule has 228 valence electrons. The minimum atomic E-state index is -4.72. The van der Waals surface area contributed by atoms with Gasteiger partial charge in [0.15, 0.2) is 5.96 Å². The predicted octanol–water partition coefficient (Wildman–Crippen LogP) is 3.46. The molecule has 43 heavy (non-hydrogen) atoms. The molecule has 0 radical (unpaired) electrons. The van der Waals surface area contributed by atoms with Gasteiger partial charge in [0, 0.05) is 12.2 Å². The van der Waals surface area contributed by atoms with Crippen LogP contribution in [0.3, 0.4) is 0 Å². The number of para-hydroxylation sites is 1. The average molecular weight is 610 g/mol. The number of carbonyl (C=O) groups excluding carboxylic acids is 2. The Morgan fingerprint density at radius 1 is 0.977 bits per heavy atom. The SMILES string of the molecule is Cc1ccc(S(=O)(=O)N(C(=O)C(C)N(C(=O)OCc2ccccc2)c2ccccc2)C(CCCNC(=N)N)C(=O)O)cc1. The van der Waals surface area contributed by atoms with Gasteiger partial charge in [-0.3, -0.25) is 15.1 Å². The van der Waals surface area contributed by atoms with Crippen LogP contribution in [0.2, 0.25) is 0 Å².